The Morgan fingerprint density at radius 1 is 0.486 bits per heavy atom. The van der Waals surface area contributed by atoms with Crippen LogP contribution >= 0.6 is 11.3 Å². The molecule has 1 heteroatoms. The second kappa shape index (κ2) is 19.0. The maximum atomic E-state index is 2.29. The first-order valence-electron chi connectivity index (χ1n) is 15.0. The van der Waals surface area contributed by atoms with Crippen LogP contribution in [0.5, 0.6) is 0 Å². The van der Waals surface area contributed by atoms with Crippen molar-refractivity contribution in [3.8, 4) is 0 Å². The molecule has 0 radical (unpaired) electrons. The van der Waals surface area contributed by atoms with Crippen LogP contribution in [0.15, 0.2) is 66.7 Å². The predicted molar refractivity (Wildman–Crippen MR) is 171 cm³/mol. The summed E-state index contributed by atoms with van der Waals surface area (Å²) >= 11 is 1.90. The van der Waals surface area contributed by atoms with E-state index in [0.717, 1.165) is 6.42 Å². The zero-order chi connectivity index (χ0) is 26.7. The molecule has 3 aromatic carbocycles. The van der Waals surface area contributed by atoms with E-state index in [4.69, 9.17) is 0 Å². The van der Waals surface area contributed by atoms with Crippen molar-refractivity contribution in [2.75, 3.05) is 0 Å². The Morgan fingerprint density at radius 2 is 0.973 bits per heavy atom. The van der Waals surface area contributed by atoms with Crippen molar-refractivity contribution in [1.82, 2.24) is 0 Å². The molecule has 0 aliphatic heterocycles. The smallest absolute Gasteiger partial charge is 0.0345 e. The molecule has 0 saturated carbocycles. The number of rotatable bonds is 12. The van der Waals surface area contributed by atoms with Gasteiger partial charge in [-0.2, -0.15) is 0 Å². The van der Waals surface area contributed by atoms with Gasteiger partial charge in [0.25, 0.3) is 0 Å². The maximum absolute atomic E-state index is 2.29. The highest BCUT2D eigenvalue weighted by molar-refractivity contribution is 7.19. The summed E-state index contributed by atoms with van der Waals surface area (Å²) in [7, 11) is 0. The van der Waals surface area contributed by atoms with E-state index in [1.165, 1.54) is 114 Å². The van der Waals surface area contributed by atoms with Crippen molar-refractivity contribution in [3.05, 3.63) is 82.7 Å². The lowest BCUT2D eigenvalue weighted by Crippen LogP contribution is -1.81. The number of hydrogen-bond acceptors (Lipinski definition) is 1. The van der Waals surface area contributed by atoms with Gasteiger partial charge < -0.3 is 0 Å². The molecule has 4 aromatic rings. The zero-order valence-corrected chi connectivity index (χ0v) is 25.3. The first-order chi connectivity index (χ1) is 18.1. The molecule has 0 spiro atoms. The molecule has 202 valence electrons. The summed E-state index contributed by atoms with van der Waals surface area (Å²) in [6, 6.07) is 23.9. The van der Waals surface area contributed by atoms with Gasteiger partial charge in [0.2, 0.25) is 0 Å². The molecule has 0 aliphatic rings. The van der Waals surface area contributed by atoms with Gasteiger partial charge in [0.05, 0.1) is 0 Å². The molecule has 0 N–H and O–H groups in total. The second-order valence-corrected chi connectivity index (χ2v) is 11.7. The quantitative estimate of drug-likeness (QED) is 0.164. The van der Waals surface area contributed by atoms with Crippen molar-refractivity contribution < 1.29 is 0 Å². The van der Waals surface area contributed by atoms with E-state index < -0.39 is 0 Å². The fourth-order valence-electron chi connectivity index (χ4n) is 4.61. The molecule has 4 rings (SSSR count). The molecule has 0 aliphatic carbocycles. The molecule has 1 aromatic heterocycles. The number of thiophene rings is 1. The fraction of sp³-hybridized carbons (Fsp3) is 0.500. The number of benzene rings is 3. The normalized spacial score (nSPS) is 10.6. The molecular weight excluding hydrogens is 464 g/mol. The van der Waals surface area contributed by atoms with Gasteiger partial charge in [0, 0.05) is 9.58 Å². The van der Waals surface area contributed by atoms with E-state index in [-0.39, 0.29) is 0 Å². The van der Waals surface area contributed by atoms with Crippen molar-refractivity contribution >= 4 is 32.2 Å². The SMILES string of the molecule is CCCCCCCCCCCCCC.CCc1cc2ccccc2s1.Cc1ccc2ccc(C)cc2c1. The summed E-state index contributed by atoms with van der Waals surface area (Å²) < 4.78 is 1.41. The first kappa shape index (κ1) is 31.1. The topological polar surface area (TPSA) is 0 Å². The van der Waals surface area contributed by atoms with Crippen LogP contribution < -0.4 is 0 Å². The van der Waals surface area contributed by atoms with Crippen LogP contribution in [0.3, 0.4) is 0 Å². The lowest BCUT2D eigenvalue weighted by molar-refractivity contribution is 0.548. The third-order valence-corrected chi connectivity index (χ3v) is 8.19. The summed E-state index contributed by atoms with van der Waals surface area (Å²) in [4.78, 5) is 1.48. The van der Waals surface area contributed by atoms with Gasteiger partial charge in [0.1, 0.15) is 0 Å². The van der Waals surface area contributed by atoms with Crippen LogP contribution in [-0.4, -0.2) is 0 Å². The monoisotopic (exact) mass is 516 g/mol. The van der Waals surface area contributed by atoms with Crippen molar-refractivity contribution in [2.24, 2.45) is 0 Å². The van der Waals surface area contributed by atoms with Gasteiger partial charge in [-0.25, -0.2) is 0 Å². The van der Waals surface area contributed by atoms with Crippen molar-refractivity contribution in [2.45, 2.75) is 118 Å². The number of unbranched alkanes of at least 4 members (excludes halogenated alkanes) is 11. The van der Waals surface area contributed by atoms with Gasteiger partial charge in [-0.05, 0) is 48.6 Å². The van der Waals surface area contributed by atoms with Crippen LogP contribution in [-0.2, 0) is 6.42 Å². The van der Waals surface area contributed by atoms with Crippen molar-refractivity contribution in [1.29, 1.82) is 0 Å². The molecule has 0 amide bonds. The first-order valence-corrected chi connectivity index (χ1v) is 15.8. The minimum Gasteiger partial charge on any atom is -0.140 e. The summed E-state index contributed by atoms with van der Waals surface area (Å²) in [5.74, 6) is 0. The highest BCUT2D eigenvalue weighted by Crippen LogP contribution is 2.25. The Labute approximate surface area is 232 Å². The van der Waals surface area contributed by atoms with Crippen LogP contribution in [0.4, 0.5) is 0 Å². The molecule has 0 fully saturated rings. The average molecular weight is 517 g/mol. The molecule has 37 heavy (non-hydrogen) atoms. The Bertz CT molecular complexity index is 1040. The van der Waals surface area contributed by atoms with Crippen LogP contribution in [0, 0.1) is 13.8 Å². The molecule has 0 saturated heterocycles. The van der Waals surface area contributed by atoms with Gasteiger partial charge in [-0.15, -0.1) is 11.3 Å². The number of fused-ring (bicyclic) bond motifs is 2. The third-order valence-electron chi connectivity index (χ3n) is 6.93. The van der Waals surface area contributed by atoms with Gasteiger partial charge in [-0.3, -0.25) is 0 Å². The fourth-order valence-corrected chi connectivity index (χ4v) is 5.62. The lowest BCUT2D eigenvalue weighted by Gasteiger charge is -2.01. The van der Waals surface area contributed by atoms with E-state index in [9.17, 15) is 0 Å². The van der Waals surface area contributed by atoms with Crippen LogP contribution in [0.25, 0.3) is 20.9 Å². The molecule has 0 unspecified atom stereocenters. The molecule has 1 heterocycles. The van der Waals surface area contributed by atoms with E-state index >= 15 is 0 Å². The number of aryl methyl sites for hydroxylation is 3. The standard InChI is InChI=1S/C14H30.C12H12.C10H10S/c1-3-5-7-9-11-13-14-12-10-8-6-4-2;1-9-3-5-11-6-4-10(2)8-12(11)7-9;1-2-9-7-8-5-3-4-6-10(8)11-9/h3-14H2,1-2H3;3-8H,1-2H3;3-7H,2H2,1H3. The van der Waals surface area contributed by atoms with Crippen molar-refractivity contribution in [3.63, 3.8) is 0 Å². The van der Waals surface area contributed by atoms with E-state index in [1.807, 2.05) is 11.3 Å². The van der Waals surface area contributed by atoms with E-state index in [0.29, 0.717) is 0 Å². The van der Waals surface area contributed by atoms with Crippen LogP contribution in [0.1, 0.15) is 114 Å². The summed E-state index contributed by atoms with van der Waals surface area (Å²) in [5.41, 5.74) is 2.65. The Balaban J connectivity index is 0.000000196. The summed E-state index contributed by atoms with van der Waals surface area (Å²) in [5, 5.41) is 4.05. The Kier molecular flexibility index (Phi) is 16.0. The van der Waals surface area contributed by atoms with Gasteiger partial charge >= 0.3 is 0 Å². The van der Waals surface area contributed by atoms with E-state index in [2.05, 4.69) is 101 Å². The Morgan fingerprint density at radius 3 is 1.43 bits per heavy atom. The lowest BCUT2D eigenvalue weighted by atomic mass is 10.1. The zero-order valence-electron chi connectivity index (χ0n) is 24.5. The molecular formula is C36H52S. The average Bonchev–Trinajstić information content (AvgIpc) is 3.34. The molecule has 0 atom stereocenters. The molecule has 0 nitrogen and oxygen atoms in total. The Hall–Kier alpha value is -2.12. The molecule has 0 bridgehead atoms. The van der Waals surface area contributed by atoms with Crippen LogP contribution in [0.2, 0.25) is 0 Å². The largest absolute Gasteiger partial charge is 0.140 e. The summed E-state index contributed by atoms with van der Waals surface area (Å²) in [6.45, 7) is 11.0. The van der Waals surface area contributed by atoms with Gasteiger partial charge in [0.15, 0.2) is 0 Å². The highest BCUT2D eigenvalue weighted by Gasteiger charge is 1.97. The predicted octanol–water partition coefficient (Wildman–Crippen LogP) is 12.6. The van der Waals surface area contributed by atoms with E-state index in [1.54, 1.807) is 0 Å². The van der Waals surface area contributed by atoms with Gasteiger partial charge in [-0.1, -0.05) is 164 Å². The summed E-state index contributed by atoms with van der Waals surface area (Å²) in [6.07, 6.45) is 18.6. The minimum absolute atomic E-state index is 1.15. The second-order valence-electron chi connectivity index (χ2n) is 10.5. The maximum Gasteiger partial charge on any atom is 0.0345 e. The third kappa shape index (κ3) is 12.8. The highest BCUT2D eigenvalue weighted by atomic mass is 32.1. The number of hydrogen-bond donors (Lipinski definition) is 0. The minimum atomic E-state index is 1.15.